The number of ether oxygens (including phenoxy) is 1. The molecule has 2 rings (SSSR count). The number of aromatic nitrogens is 2. The monoisotopic (exact) mass is 204 g/mol. The number of nitrogens with zero attached hydrogens (tertiary/aromatic N) is 2. The Labute approximate surface area is 88.0 Å². The molecule has 0 aliphatic rings. The third kappa shape index (κ3) is 3.02. The highest BCUT2D eigenvalue weighted by Crippen LogP contribution is 2.07. The topological polar surface area (TPSA) is 36.3 Å². The van der Waals surface area contributed by atoms with Gasteiger partial charge in [-0.25, -0.2) is 4.98 Å². The fourth-order valence-corrected chi connectivity index (χ4v) is 1.14. The van der Waals surface area contributed by atoms with E-state index in [4.69, 9.17) is 9.57 Å². The van der Waals surface area contributed by atoms with Crippen LogP contribution in [0, 0.1) is 0 Å². The van der Waals surface area contributed by atoms with Crippen molar-refractivity contribution in [3.8, 4) is 5.75 Å². The largest absolute Gasteiger partial charge is 0.490 e. The van der Waals surface area contributed by atoms with Crippen molar-refractivity contribution in [3.05, 3.63) is 49.1 Å². The maximum Gasteiger partial charge on any atom is 0.149 e. The third-order valence-electron chi connectivity index (χ3n) is 1.82. The molecule has 0 aliphatic carbocycles. The first kappa shape index (κ1) is 9.58. The van der Waals surface area contributed by atoms with Crippen LogP contribution in [0.1, 0.15) is 0 Å². The van der Waals surface area contributed by atoms with Gasteiger partial charge in [-0.15, -0.1) is 0 Å². The highest BCUT2D eigenvalue weighted by atomic mass is 16.7. The minimum Gasteiger partial charge on any atom is -0.490 e. The summed E-state index contributed by atoms with van der Waals surface area (Å²) in [5, 5.41) is 0. The van der Waals surface area contributed by atoms with Gasteiger partial charge in [0.25, 0.3) is 0 Å². The molecule has 0 atom stereocenters. The van der Waals surface area contributed by atoms with E-state index in [9.17, 15) is 0 Å². The summed E-state index contributed by atoms with van der Waals surface area (Å²) in [4.78, 5) is 9.15. The second-order valence-corrected chi connectivity index (χ2v) is 2.92. The van der Waals surface area contributed by atoms with E-state index in [1.54, 1.807) is 23.5 Å². The first-order valence-corrected chi connectivity index (χ1v) is 4.74. The standard InChI is InChI=1S/C11H12N2O2/c1-2-4-11(5-3-1)14-8-9-15-13-7-6-12-10-13/h1-7,10H,8-9H2. The van der Waals surface area contributed by atoms with Crippen LogP contribution in [0.5, 0.6) is 5.75 Å². The minimum atomic E-state index is 0.491. The maximum atomic E-state index is 5.45. The van der Waals surface area contributed by atoms with E-state index in [-0.39, 0.29) is 0 Å². The predicted molar refractivity (Wildman–Crippen MR) is 55.6 cm³/mol. The lowest BCUT2D eigenvalue weighted by atomic mass is 10.3. The Balaban J connectivity index is 1.68. The van der Waals surface area contributed by atoms with Crippen LogP contribution in [0.4, 0.5) is 0 Å². The summed E-state index contributed by atoms with van der Waals surface area (Å²) in [6, 6.07) is 9.65. The molecule has 0 saturated heterocycles. The van der Waals surface area contributed by atoms with E-state index >= 15 is 0 Å². The lowest BCUT2D eigenvalue weighted by Crippen LogP contribution is -2.16. The molecule has 0 bridgehead atoms. The SMILES string of the molecule is c1ccc(OCCOn2ccnc2)cc1. The average molecular weight is 204 g/mol. The molecule has 0 radical (unpaired) electrons. The number of hydrogen-bond donors (Lipinski definition) is 0. The zero-order chi connectivity index (χ0) is 10.3. The lowest BCUT2D eigenvalue weighted by molar-refractivity contribution is 0.0818. The summed E-state index contributed by atoms with van der Waals surface area (Å²) in [5.41, 5.74) is 0. The Morgan fingerprint density at radius 1 is 1.13 bits per heavy atom. The molecule has 1 aromatic carbocycles. The molecule has 0 aliphatic heterocycles. The molecule has 4 heteroatoms. The second kappa shape index (κ2) is 5.05. The summed E-state index contributed by atoms with van der Waals surface area (Å²) >= 11 is 0. The maximum absolute atomic E-state index is 5.45. The van der Waals surface area contributed by atoms with Crippen LogP contribution in [0.2, 0.25) is 0 Å². The van der Waals surface area contributed by atoms with Crippen LogP contribution in [-0.2, 0) is 0 Å². The van der Waals surface area contributed by atoms with Crippen molar-refractivity contribution in [1.82, 2.24) is 9.71 Å². The smallest absolute Gasteiger partial charge is 0.149 e. The van der Waals surface area contributed by atoms with E-state index in [1.165, 1.54) is 0 Å². The number of imidazole rings is 1. The van der Waals surface area contributed by atoms with Crippen molar-refractivity contribution in [2.75, 3.05) is 13.2 Å². The van der Waals surface area contributed by atoms with Gasteiger partial charge in [0.05, 0.1) is 6.20 Å². The fourth-order valence-electron chi connectivity index (χ4n) is 1.14. The minimum absolute atomic E-state index is 0.491. The molecule has 0 unspecified atom stereocenters. The molecule has 0 saturated carbocycles. The fraction of sp³-hybridized carbons (Fsp3) is 0.182. The van der Waals surface area contributed by atoms with Gasteiger partial charge in [0.2, 0.25) is 0 Å². The van der Waals surface area contributed by atoms with Gasteiger partial charge in [-0.1, -0.05) is 18.2 Å². The van der Waals surface area contributed by atoms with Gasteiger partial charge in [0.1, 0.15) is 25.3 Å². The van der Waals surface area contributed by atoms with Crippen molar-refractivity contribution in [2.45, 2.75) is 0 Å². The van der Waals surface area contributed by atoms with Crippen LogP contribution in [0.3, 0.4) is 0 Å². The summed E-state index contributed by atoms with van der Waals surface area (Å²) in [5.74, 6) is 0.853. The third-order valence-corrected chi connectivity index (χ3v) is 1.82. The van der Waals surface area contributed by atoms with Crippen molar-refractivity contribution >= 4 is 0 Å². The Kier molecular flexibility index (Phi) is 3.22. The molecule has 0 spiro atoms. The molecule has 78 valence electrons. The molecule has 0 fully saturated rings. The van der Waals surface area contributed by atoms with E-state index in [2.05, 4.69) is 4.98 Å². The lowest BCUT2D eigenvalue weighted by Gasteiger charge is -2.07. The van der Waals surface area contributed by atoms with E-state index in [0.29, 0.717) is 13.2 Å². The van der Waals surface area contributed by atoms with Gasteiger partial charge in [-0.05, 0) is 12.1 Å². The van der Waals surface area contributed by atoms with Gasteiger partial charge in [0.15, 0.2) is 0 Å². The van der Waals surface area contributed by atoms with Gasteiger partial charge in [-0.2, -0.15) is 4.73 Å². The van der Waals surface area contributed by atoms with E-state index < -0.39 is 0 Å². The summed E-state index contributed by atoms with van der Waals surface area (Å²) in [6.07, 6.45) is 5.00. The molecular weight excluding hydrogens is 192 g/mol. The Hall–Kier alpha value is -1.97. The van der Waals surface area contributed by atoms with Crippen LogP contribution >= 0.6 is 0 Å². The summed E-state index contributed by atoms with van der Waals surface area (Å²) < 4.78 is 7.00. The highest BCUT2D eigenvalue weighted by molar-refractivity contribution is 5.20. The number of benzene rings is 1. The van der Waals surface area contributed by atoms with Gasteiger partial charge in [-0.3, -0.25) is 0 Å². The normalized spacial score (nSPS) is 9.87. The first-order chi connectivity index (χ1) is 7.45. The number of hydrogen-bond acceptors (Lipinski definition) is 3. The Bertz CT molecular complexity index is 373. The van der Waals surface area contributed by atoms with Crippen LogP contribution in [-0.4, -0.2) is 22.9 Å². The Morgan fingerprint density at radius 2 is 2.00 bits per heavy atom. The van der Waals surface area contributed by atoms with Crippen molar-refractivity contribution in [2.24, 2.45) is 0 Å². The van der Waals surface area contributed by atoms with E-state index in [0.717, 1.165) is 5.75 Å². The van der Waals surface area contributed by atoms with E-state index in [1.807, 2.05) is 30.3 Å². The van der Waals surface area contributed by atoms with Crippen molar-refractivity contribution in [1.29, 1.82) is 0 Å². The van der Waals surface area contributed by atoms with Crippen LogP contribution in [0.25, 0.3) is 0 Å². The van der Waals surface area contributed by atoms with Gasteiger partial charge >= 0.3 is 0 Å². The van der Waals surface area contributed by atoms with Gasteiger partial charge in [0, 0.05) is 6.20 Å². The Morgan fingerprint density at radius 3 is 2.73 bits per heavy atom. The molecule has 0 amide bonds. The molecular formula is C11H12N2O2. The van der Waals surface area contributed by atoms with Gasteiger partial charge < -0.3 is 9.57 Å². The zero-order valence-electron chi connectivity index (χ0n) is 8.24. The first-order valence-electron chi connectivity index (χ1n) is 4.74. The van der Waals surface area contributed by atoms with Crippen LogP contribution < -0.4 is 9.57 Å². The predicted octanol–water partition coefficient (Wildman–Crippen LogP) is 1.39. The summed E-state index contributed by atoms with van der Waals surface area (Å²) in [6.45, 7) is 1.01. The quantitative estimate of drug-likeness (QED) is 0.690. The molecule has 15 heavy (non-hydrogen) atoms. The molecule has 2 aromatic rings. The van der Waals surface area contributed by atoms with Crippen LogP contribution in [0.15, 0.2) is 49.1 Å². The molecule has 0 N–H and O–H groups in total. The molecule has 1 aromatic heterocycles. The molecule has 1 heterocycles. The zero-order valence-corrected chi connectivity index (χ0v) is 8.24. The summed E-state index contributed by atoms with van der Waals surface area (Å²) in [7, 11) is 0. The number of rotatable bonds is 5. The second-order valence-electron chi connectivity index (χ2n) is 2.92. The van der Waals surface area contributed by atoms with Crippen molar-refractivity contribution < 1.29 is 9.57 Å². The molecule has 4 nitrogen and oxygen atoms in total. The van der Waals surface area contributed by atoms with Crippen molar-refractivity contribution in [3.63, 3.8) is 0 Å². The average Bonchev–Trinajstić information content (AvgIpc) is 2.79. The highest BCUT2D eigenvalue weighted by Gasteiger charge is 1.92. The number of para-hydroxylation sites is 1.